The van der Waals surface area contributed by atoms with E-state index in [2.05, 4.69) is 0 Å². The molecule has 0 radical (unpaired) electrons. The number of hydrogen-bond acceptors (Lipinski definition) is 3. The minimum atomic E-state index is -0.600. The van der Waals surface area contributed by atoms with Crippen LogP contribution in [0.5, 0.6) is 5.75 Å². The summed E-state index contributed by atoms with van der Waals surface area (Å²) >= 11 is 0. The fourth-order valence-electron chi connectivity index (χ4n) is 3.58. The van der Waals surface area contributed by atoms with Crippen molar-refractivity contribution in [2.24, 2.45) is 5.92 Å². The highest BCUT2D eigenvalue weighted by Crippen LogP contribution is 2.26. The molecule has 142 valence electrons. The highest BCUT2D eigenvalue weighted by molar-refractivity contribution is 5.97. The molecule has 1 atom stereocenters. The largest absolute Gasteiger partial charge is 0.496 e. The number of carbonyl (C=O) groups excluding carboxylic acids is 2. The van der Waals surface area contributed by atoms with Gasteiger partial charge in [0, 0.05) is 25.4 Å². The predicted molar refractivity (Wildman–Crippen MR) is 101 cm³/mol. The second-order valence-electron chi connectivity index (χ2n) is 6.86. The minimum Gasteiger partial charge on any atom is -0.496 e. The Morgan fingerprint density at radius 3 is 2.67 bits per heavy atom. The van der Waals surface area contributed by atoms with Crippen LogP contribution in [0.2, 0.25) is 0 Å². The molecule has 1 saturated heterocycles. The number of ketones is 1. The van der Waals surface area contributed by atoms with Crippen molar-refractivity contribution in [2.75, 3.05) is 20.2 Å². The summed E-state index contributed by atoms with van der Waals surface area (Å²) in [6.07, 6.45) is 2.67. The summed E-state index contributed by atoms with van der Waals surface area (Å²) in [6.45, 7) is 0.864. The molecule has 5 heteroatoms. The Bertz CT molecular complexity index is 806. The van der Waals surface area contributed by atoms with Gasteiger partial charge in [-0.1, -0.05) is 36.4 Å². The zero-order chi connectivity index (χ0) is 19.2. The van der Waals surface area contributed by atoms with Crippen molar-refractivity contribution in [3.05, 3.63) is 65.5 Å². The molecule has 1 fully saturated rings. The first-order chi connectivity index (χ1) is 13.1. The monoisotopic (exact) mass is 369 g/mol. The Kier molecular flexibility index (Phi) is 6.22. The normalized spacial score (nSPS) is 16.8. The van der Waals surface area contributed by atoms with E-state index in [9.17, 15) is 14.0 Å². The van der Waals surface area contributed by atoms with Gasteiger partial charge in [-0.05, 0) is 37.0 Å². The summed E-state index contributed by atoms with van der Waals surface area (Å²) < 4.78 is 19.4. The number of halogens is 1. The molecule has 0 aliphatic carbocycles. The number of nitrogens with zero attached hydrogens (tertiary/aromatic N) is 1. The van der Waals surface area contributed by atoms with E-state index in [-0.39, 0.29) is 23.0 Å². The van der Waals surface area contributed by atoms with Gasteiger partial charge in [0.05, 0.1) is 7.11 Å². The fraction of sp³-hybridized carbons (Fsp3) is 0.364. The molecule has 4 nitrogen and oxygen atoms in total. The number of hydrogen-bond donors (Lipinski definition) is 0. The Morgan fingerprint density at radius 2 is 1.93 bits per heavy atom. The number of ether oxygens (including phenoxy) is 1. The van der Waals surface area contributed by atoms with Crippen LogP contribution in [0, 0.1) is 11.7 Å². The third-order valence-electron chi connectivity index (χ3n) is 5.08. The Hall–Kier alpha value is -2.69. The molecule has 3 rings (SSSR count). The summed E-state index contributed by atoms with van der Waals surface area (Å²) in [4.78, 5) is 27.1. The van der Waals surface area contributed by atoms with Gasteiger partial charge in [0.2, 0.25) is 0 Å². The van der Waals surface area contributed by atoms with Gasteiger partial charge in [0.1, 0.15) is 22.9 Å². The van der Waals surface area contributed by atoms with E-state index in [0.29, 0.717) is 25.9 Å². The number of carbonyl (C=O) groups is 2. The van der Waals surface area contributed by atoms with E-state index in [4.69, 9.17) is 4.74 Å². The van der Waals surface area contributed by atoms with Crippen LogP contribution < -0.4 is 4.74 Å². The number of benzene rings is 2. The first-order valence-corrected chi connectivity index (χ1v) is 9.28. The van der Waals surface area contributed by atoms with E-state index < -0.39 is 11.7 Å². The number of methoxy groups -OCH3 is 1. The number of rotatable bonds is 6. The zero-order valence-corrected chi connectivity index (χ0v) is 15.5. The molecule has 1 aliphatic heterocycles. The lowest BCUT2D eigenvalue weighted by Crippen LogP contribution is -2.42. The van der Waals surface area contributed by atoms with Crippen LogP contribution in [-0.4, -0.2) is 36.8 Å². The Balaban J connectivity index is 1.65. The second kappa shape index (κ2) is 8.80. The van der Waals surface area contributed by atoms with Crippen LogP contribution in [-0.2, 0) is 11.2 Å². The number of amides is 1. The van der Waals surface area contributed by atoms with E-state index in [1.807, 2.05) is 30.3 Å². The van der Waals surface area contributed by atoms with Crippen molar-refractivity contribution in [3.8, 4) is 5.75 Å². The molecule has 1 heterocycles. The van der Waals surface area contributed by atoms with Crippen molar-refractivity contribution < 1.29 is 18.7 Å². The average Bonchev–Trinajstić information content (AvgIpc) is 2.72. The van der Waals surface area contributed by atoms with E-state index in [1.165, 1.54) is 19.2 Å². The zero-order valence-electron chi connectivity index (χ0n) is 15.5. The standard InChI is InChI=1S/C22H24FNO3/c1-27-20-11-5-10-18(23)21(20)22(26)24-14-6-9-17(15-24)19(25)13-12-16-7-3-2-4-8-16/h2-5,7-8,10-11,17H,6,9,12-15H2,1H3. The third-order valence-corrected chi connectivity index (χ3v) is 5.08. The number of likely N-dealkylation sites (tertiary alicyclic amines) is 1. The molecule has 1 aliphatic rings. The maximum Gasteiger partial charge on any atom is 0.260 e. The van der Waals surface area contributed by atoms with E-state index in [0.717, 1.165) is 18.4 Å². The Labute approximate surface area is 158 Å². The topological polar surface area (TPSA) is 46.6 Å². The van der Waals surface area contributed by atoms with Crippen LogP contribution in [0.15, 0.2) is 48.5 Å². The van der Waals surface area contributed by atoms with E-state index >= 15 is 0 Å². The maximum atomic E-state index is 14.2. The molecule has 2 aromatic rings. The van der Waals surface area contributed by atoms with Crippen LogP contribution in [0.25, 0.3) is 0 Å². The maximum absolute atomic E-state index is 14.2. The lowest BCUT2D eigenvalue weighted by atomic mass is 9.90. The van der Waals surface area contributed by atoms with Gasteiger partial charge in [-0.3, -0.25) is 9.59 Å². The summed E-state index contributed by atoms with van der Waals surface area (Å²) in [7, 11) is 1.41. The first-order valence-electron chi connectivity index (χ1n) is 9.28. The molecule has 2 aromatic carbocycles. The van der Waals surface area contributed by atoms with Gasteiger partial charge < -0.3 is 9.64 Å². The lowest BCUT2D eigenvalue weighted by Gasteiger charge is -2.32. The van der Waals surface area contributed by atoms with Gasteiger partial charge in [-0.15, -0.1) is 0 Å². The van der Waals surface area contributed by atoms with Gasteiger partial charge >= 0.3 is 0 Å². The van der Waals surface area contributed by atoms with Gasteiger partial charge in [-0.2, -0.15) is 0 Å². The molecule has 1 unspecified atom stereocenters. The van der Waals surface area contributed by atoms with Crippen molar-refractivity contribution in [1.29, 1.82) is 0 Å². The van der Waals surface area contributed by atoms with Crippen molar-refractivity contribution in [1.82, 2.24) is 4.90 Å². The number of piperidine rings is 1. The molecule has 0 bridgehead atoms. The van der Waals surface area contributed by atoms with Crippen LogP contribution in [0.3, 0.4) is 0 Å². The predicted octanol–water partition coefficient (Wildman–Crippen LogP) is 3.89. The van der Waals surface area contributed by atoms with Crippen molar-refractivity contribution in [2.45, 2.75) is 25.7 Å². The molecular weight excluding hydrogens is 345 g/mol. The lowest BCUT2D eigenvalue weighted by molar-refractivity contribution is -0.124. The van der Waals surface area contributed by atoms with Gasteiger partial charge in [-0.25, -0.2) is 4.39 Å². The third kappa shape index (κ3) is 4.54. The van der Waals surface area contributed by atoms with Crippen molar-refractivity contribution >= 4 is 11.7 Å². The molecular formula is C22H24FNO3. The highest BCUT2D eigenvalue weighted by atomic mass is 19.1. The van der Waals surface area contributed by atoms with E-state index in [1.54, 1.807) is 11.0 Å². The summed E-state index contributed by atoms with van der Waals surface area (Å²) in [5, 5.41) is 0. The number of aryl methyl sites for hydroxylation is 1. The molecule has 0 saturated carbocycles. The molecule has 0 N–H and O–H groups in total. The smallest absolute Gasteiger partial charge is 0.260 e. The van der Waals surface area contributed by atoms with Crippen molar-refractivity contribution in [3.63, 3.8) is 0 Å². The molecule has 27 heavy (non-hydrogen) atoms. The Morgan fingerprint density at radius 1 is 1.15 bits per heavy atom. The summed E-state index contributed by atoms with van der Waals surface area (Å²) in [5.74, 6) is -0.819. The number of Topliss-reactive ketones (excluding diaryl/α,β-unsaturated/α-hetero) is 1. The second-order valence-corrected chi connectivity index (χ2v) is 6.86. The summed E-state index contributed by atoms with van der Waals surface area (Å²) in [6, 6.07) is 14.2. The van der Waals surface area contributed by atoms with Crippen LogP contribution in [0.4, 0.5) is 4.39 Å². The minimum absolute atomic E-state index is 0.0580. The van der Waals surface area contributed by atoms with Crippen LogP contribution >= 0.6 is 0 Å². The van der Waals surface area contributed by atoms with Crippen LogP contribution in [0.1, 0.15) is 35.2 Å². The molecule has 0 spiro atoms. The highest BCUT2D eigenvalue weighted by Gasteiger charge is 2.31. The molecule has 0 aromatic heterocycles. The summed E-state index contributed by atoms with van der Waals surface area (Å²) in [5.41, 5.74) is 1.07. The first kappa shape index (κ1) is 19.1. The average molecular weight is 369 g/mol. The van der Waals surface area contributed by atoms with Gasteiger partial charge in [0.25, 0.3) is 5.91 Å². The molecule has 1 amide bonds. The fourth-order valence-corrected chi connectivity index (χ4v) is 3.58. The van der Waals surface area contributed by atoms with Gasteiger partial charge in [0.15, 0.2) is 0 Å². The SMILES string of the molecule is COc1cccc(F)c1C(=O)N1CCCC(C(=O)CCc2ccccc2)C1. The quantitative estimate of drug-likeness (QED) is 0.776.